The lowest BCUT2D eigenvalue weighted by atomic mass is 9.53. The summed E-state index contributed by atoms with van der Waals surface area (Å²) in [4.78, 5) is 37.9. The number of β-amino-alcohol motifs (C(OH)–C–C–N with tert-alkyl or cyclic N) is 1. The number of aryl methyl sites for hydroxylation is 1. The summed E-state index contributed by atoms with van der Waals surface area (Å²) in [5.74, 6) is -0.481. The van der Waals surface area contributed by atoms with Crippen molar-refractivity contribution < 1.29 is 19.2 Å². The van der Waals surface area contributed by atoms with E-state index in [1.807, 2.05) is 57.2 Å². The van der Waals surface area contributed by atoms with Crippen molar-refractivity contribution in [3.05, 3.63) is 65.7 Å². The van der Waals surface area contributed by atoms with Crippen molar-refractivity contribution in [2.45, 2.75) is 57.7 Å². The summed E-state index contributed by atoms with van der Waals surface area (Å²) in [5, 5.41) is 17.4. The lowest BCUT2D eigenvalue weighted by molar-refractivity contribution is -0.134. The molecule has 2 N–H and O–H groups in total. The first kappa shape index (κ1) is 26.9. The summed E-state index contributed by atoms with van der Waals surface area (Å²) in [6.07, 6.45) is 1.28. The fourth-order valence-corrected chi connectivity index (χ4v) is 5.43. The topological polar surface area (TPSA) is 121 Å². The van der Waals surface area contributed by atoms with Crippen molar-refractivity contribution in [3.8, 4) is 11.1 Å². The minimum Gasteiger partial charge on any atom is -0.391 e. The van der Waals surface area contributed by atoms with Crippen molar-refractivity contribution >= 4 is 38.2 Å². The maximum absolute atomic E-state index is 13.8. The number of hydrogen-bond donors (Lipinski definition) is 2. The van der Waals surface area contributed by atoms with Gasteiger partial charge in [0.2, 0.25) is 5.91 Å². The Morgan fingerprint density at radius 1 is 1.28 bits per heavy atom. The summed E-state index contributed by atoms with van der Waals surface area (Å²) >= 11 is 0. The number of carbonyl (C=O) groups is 2. The zero-order valence-corrected chi connectivity index (χ0v) is 22.5. The van der Waals surface area contributed by atoms with Gasteiger partial charge in [0.1, 0.15) is 24.7 Å². The third kappa shape index (κ3) is 4.91. The van der Waals surface area contributed by atoms with Gasteiger partial charge < -0.3 is 19.8 Å². The fraction of sp³-hybridized carbons (Fsp3) is 0.393. The standard InChI is InChI=1S/C28H30B2N5O4/c1-15(2)24(22-13-23(30-29)34-39-22)26(37)35-14-19(36)12-21(35)25-32-27(38)28(4,33-25)18-9-7-17(8-10-18)20-6-5-11-31-16(20)3/h5-11,13,15,19,21,24,36H,12,14H2,1-4H3,(H,32,33,38)/t19-,21+,24?,28?/m1/s1. The third-order valence-corrected chi connectivity index (χ3v) is 7.63. The van der Waals surface area contributed by atoms with Gasteiger partial charge in [-0.25, -0.2) is 4.99 Å². The number of aliphatic imine (C=N–C) groups is 1. The maximum Gasteiger partial charge on any atom is 0.257 e. The highest BCUT2D eigenvalue weighted by molar-refractivity contribution is 6.97. The van der Waals surface area contributed by atoms with Crippen LogP contribution in [0, 0.1) is 12.8 Å². The first-order valence-electron chi connectivity index (χ1n) is 13.1. The van der Waals surface area contributed by atoms with E-state index < -0.39 is 23.6 Å². The number of likely N-dealkylation sites (tertiary alicyclic amines) is 1. The molecular formula is C28H30B2N5O4. The van der Waals surface area contributed by atoms with Gasteiger partial charge in [-0.2, -0.15) is 0 Å². The summed E-state index contributed by atoms with van der Waals surface area (Å²) in [6, 6.07) is 12.7. The number of aromatic nitrogens is 2. The maximum atomic E-state index is 13.8. The van der Waals surface area contributed by atoms with Crippen LogP contribution in [0.25, 0.3) is 11.1 Å². The predicted molar refractivity (Wildman–Crippen MR) is 149 cm³/mol. The third-order valence-electron chi connectivity index (χ3n) is 7.63. The molecule has 1 aromatic carbocycles. The number of benzene rings is 1. The van der Waals surface area contributed by atoms with Gasteiger partial charge >= 0.3 is 0 Å². The molecule has 2 aromatic heterocycles. The van der Waals surface area contributed by atoms with Crippen LogP contribution in [0.1, 0.15) is 50.1 Å². The van der Waals surface area contributed by atoms with Crippen LogP contribution >= 0.6 is 0 Å². The Kier molecular flexibility index (Phi) is 7.20. The molecule has 197 valence electrons. The number of hydrogen-bond acceptors (Lipinski definition) is 7. The first-order chi connectivity index (χ1) is 18.6. The van der Waals surface area contributed by atoms with E-state index >= 15 is 0 Å². The van der Waals surface area contributed by atoms with Gasteiger partial charge in [-0.3, -0.25) is 14.6 Å². The van der Waals surface area contributed by atoms with E-state index in [0.29, 0.717) is 17.2 Å². The number of carbonyl (C=O) groups excluding carboxylic acids is 2. The lowest BCUT2D eigenvalue weighted by Gasteiger charge is -2.29. The fourth-order valence-electron chi connectivity index (χ4n) is 5.43. The molecule has 0 saturated carbocycles. The second-order valence-corrected chi connectivity index (χ2v) is 10.7. The highest BCUT2D eigenvalue weighted by Gasteiger charge is 2.48. The van der Waals surface area contributed by atoms with Crippen LogP contribution in [0.3, 0.4) is 0 Å². The molecule has 9 nitrogen and oxygen atoms in total. The Morgan fingerprint density at radius 3 is 2.67 bits per heavy atom. The van der Waals surface area contributed by atoms with E-state index in [1.165, 1.54) is 7.17 Å². The van der Waals surface area contributed by atoms with Gasteiger partial charge in [-0.1, -0.05) is 49.3 Å². The molecule has 39 heavy (non-hydrogen) atoms. The highest BCUT2D eigenvalue weighted by Crippen LogP contribution is 2.35. The number of aliphatic hydroxyl groups excluding tert-OH is 1. The number of amides is 2. The second kappa shape index (κ2) is 10.4. The second-order valence-electron chi connectivity index (χ2n) is 10.7. The first-order valence-corrected chi connectivity index (χ1v) is 13.1. The summed E-state index contributed by atoms with van der Waals surface area (Å²) in [7, 11) is 6.87. The predicted octanol–water partition coefficient (Wildman–Crippen LogP) is 1.60. The van der Waals surface area contributed by atoms with Crippen LogP contribution in [-0.2, 0) is 15.1 Å². The van der Waals surface area contributed by atoms with Crippen molar-refractivity contribution in [1.29, 1.82) is 0 Å². The van der Waals surface area contributed by atoms with Crippen molar-refractivity contribution in [1.82, 2.24) is 20.4 Å². The van der Waals surface area contributed by atoms with E-state index in [4.69, 9.17) is 17.3 Å². The molecule has 4 atom stereocenters. The Labute approximate surface area is 229 Å². The molecular weight excluding hydrogens is 492 g/mol. The van der Waals surface area contributed by atoms with Gasteiger partial charge in [0.25, 0.3) is 5.91 Å². The molecule has 2 aliphatic rings. The minimum atomic E-state index is -1.17. The van der Waals surface area contributed by atoms with Crippen LogP contribution in [0.4, 0.5) is 0 Å². The lowest BCUT2D eigenvalue weighted by Crippen LogP contribution is -2.48. The van der Waals surface area contributed by atoms with Crippen LogP contribution in [0.15, 0.2) is 58.2 Å². The average Bonchev–Trinajstić information content (AvgIpc) is 3.62. The van der Waals surface area contributed by atoms with Crippen LogP contribution in [-0.4, -0.2) is 71.4 Å². The molecule has 3 aromatic rings. The molecule has 4 heterocycles. The molecule has 0 bridgehead atoms. The zero-order chi connectivity index (χ0) is 27.9. The molecule has 11 heteroatoms. The van der Waals surface area contributed by atoms with Crippen LogP contribution in [0.2, 0.25) is 0 Å². The molecule has 5 rings (SSSR count). The van der Waals surface area contributed by atoms with E-state index in [9.17, 15) is 14.7 Å². The van der Waals surface area contributed by atoms with Crippen LogP contribution in [0.5, 0.6) is 0 Å². The molecule has 3 radical (unpaired) electrons. The number of aliphatic hydroxyl groups is 1. The average molecular weight is 522 g/mol. The molecule has 1 fully saturated rings. The Bertz CT molecular complexity index is 1420. The normalized spacial score (nSPS) is 23.6. The highest BCUT2D eigenvalue weighted by atomic mass is 16.5. The molecule has 2 amide bonds. The molecule has 1 saturated heterocycles. The van der Waals surface area contributed by atoms with Crippen molar-refractivity contribution in [3.63, 3.8) is 0 Å². The molecule has 2 unspecified atom stereocenters. The zero-order valence-electron chi connectivity index (χ0n) is 22.5. The number of amidine groups is 1. The smallest absolute Gasteiger partial charge is 0.257 e. The Morgan fingerprint density at radius 2 is 2.03 bits per heavy atom. The number of nitrogens with one attached hydrogen (secondary N) is 1. The van der Waals surface area contributed by atoms with E-state index in [1.54, 1.807) is 24.1 Å². The van der Waals surface area contributed by atoms with E-state index in [0.717, 1.165) is 22.4 Å². The van der Waals surface area contributed by atoms with E-state index in [-0.39, 0.29) is 30.7 Å². The number of nitrogens with zero attached hydrogens (tertiary/aromatic N) is 4. The molecule has 2 aliphatic heterocycles. The van der Waals surface area contributed by atoms with Crippen LogP contribution < -0.4 is 10.9 Å². The molecule has 0 spiro atoms. The summed E-state index contributed by atoms with van der Waals surface area (Å²) in [5.41, 5.74) is 2.93. The Balaban J connectivity index is 1.43. The van der Waals surface area contributed by atoms with Gasteiger partial charge in [0, 0.05) is 43.8 Å². The summed E-state index contributed by atoms with van der Waals surface area (Å²) in [6.45, 7) is 7.67. The largest absolute Gasteiger partial charge is 0.391 e. The van der Waals surface area contributed by atoms with Gasteiger partial charge in [0.05, 0.1) is 12.1 Å². The molecule has 0 aliphatic carbocycles. The Hall–Kier alpha value is -3.72. The number of pyridine rings is 1. The quantitative estimate of drug-likeness (QED) is 0.455. The van der Waals surface area contributed by atoms with Gasteiger partial charge in [-0.05, 0) is 43.0 Å². The van der Waals surface area contributed by atoms with Gasteiger partial charge in [-0.15, -0.1) is 0 Å². The SMILES string of the molecule is [B][B]c1cc(C(C(=O)N2C[C@H](O)C[C@H]2C2=NC(C)(c3ccc(-c4cccnc4C)cc3)C(=O)N2)C(C)C)on1. The van der Waals surface area contributed by atoms with Gasteiger partial charge in [0.15, 0.2) is 5.54 Å². The number of rotatable bonds is 7. The summed E-state index contributed by atoms with van der Waals surface area (Å²) < 4.78 is 5.43. The van der Waals surface area contributed by atoms with E-state index in [2.05, 4.69) is 15.5 Å². The van der Waals surface area contributed by atoms with Crippen molar-refractivity contribution in [2.75, 3.05) is 6.54 Å². The monoisotopic (exact) mass is 522 g/mol. The van der Waals surface area contributed by atoms with Crippen molar-refractivity contribution in [2.24, 2.45) is 10.9 Å². The minimum absolute atomic E-state index is 0.109.